The molecule has 0 bridgehead atoms. The number of hydrogen-bond acceptors (Lipinski definition) is 2. The summed E-state index contributed by atoms with van der Waals surface area (Å²) in [4.78, 5) is 0. The second kappa shape index (κ2) is 9.42. The maximum atomic E-state index is 9.07. The van der Waals surface area contributed by atoms with Crippen molar-refractivity contribution in [2.45, 2.75) is 0 Å². The van der Waals surface area contributed by atoms with E-state index in [1.54, 1.807) is 6.08 Å². The molecule has 3 aromatic rings. The van der Waals surface area contributed by atoms with Gasteiger partial charge in [0, 0.05) is 5.56 Å². The van der Waals surface area contributed by atoms with Gasteiger partial charge in [0.2, 0.25) is 0 Å². The molecule has 0 N–H and O–H groups in total. The van der Waals surface area contributed by atoms with E-state index in [2.05, 4.69) is 71.4 Å². The van der Waals surface area contributed by atoms with Crippen LogP contribution in [0.1, 0.15) is 22.3 Å². The molecule has 0 amide bonds. The van der Waals surface area contributed by atoms with E-state index in [4.69, 9.17) is 10.5 Å². The third-order valence-electron chi connectivity index (χ3n) is 4.90. The molecule has 1 radical (unpaired) electrons. The smallest absolute Gasteiger partial charge is 0.192 e. The molecule has 0 fully saturated rings. The molecule has 1 aliphatic rings. The number of nitrogens with zero attached hydrogens (tertiary/aromatic N) is 2. The van der Waals surface area contributed by atoms with Crippen molar-refractivity contribution in [3.05, 3.63) is 124 Å². The Morgan fingerprint density at radius 2 is 1.19 bits per heavy atom. The fourth-order valence-electron chi connectivity index (χ4n) is 3.41. The van der Waals surface area contributed by atoms with E-state index in [0.717, 1.165) is 11.1 Å². The van der Waals surface area contributed by atoms with E-state index in [1.165, 1.54) is 22.3 Å². The maximum Gasteiger partial charge on any atom is 0.199 e. The molecule has 0 aliphatic carbocycles. The molecule has 0 aromatic heterocycles. The third-order valence-corrected chi connectivity index (χ3v) is 6.52. The molecule has 4 rings (SSSR count). The average Bonchev–Trinajstić information content (AvgIpc) is 3.27. The lowest BCUT2D eigenvalue weighted by Gasteiger charge is -2.09. The predicted octanol–water partition coefficient (Wildman–Crippen LogP) is 5.76. The standard InChI is InChI=1S/C28H17N2Si/c29-18-22(19-30)17-26-14-8-7-9-23(26)15-16-31-20-27(24-10-3-1-4-11-24)28(21-31)25-12-5-2-6-13-25/h1-14,17,20-21H. The van der Waals surface area contributed by atoms with Gasteiger partial charge in [-0.25, -0.2) is 0 Å². The van der Waals surface area contributed by atoms with Crippen molar-refractivity contribution in [2.75, 3.05) is 0 Å². The highest BCUT2D eigenvalue weighted by Gasteiger charge is 2.20. The van der Waals surface area contributed by atoms with Gasteiger partial charge in [0.25, 0.3) is 0 Å². The van der Waals surface area contributed by atoms with Crippen molar-refractivity contribution in [1.29, 1.82) is 10.5 Å². The second-order valence-corrected chi connectivity index (χ2v) is 8.66. The van der Waals surface area contributed by atoms with Crippen LogP contribution in [-0.4, -0.2) is 8.80 Å². The minimum atomic E-state index is -1.19. The highest BCUT2D eigenvalue weighted by atomic mass is 28.3. The Bertz CT molecular complexity index is 1270. The summed E-state index contributed by atoms with van der Waals surface area (Å²) in [7, 11) is -1.19. The van der Waals surface area contributed by atoms with Gasteiger partial charge in [0.15, 0.2) is 8.80 Å². The highest BCUT2D eigenvalue weighted by molar-refractivity contribution is 6.81. The molecule has 1 aliphatic heterocycles. The summed E-state index contributed by atoms with van der Waals surface area (Å²) >= 11 is 0. The van der Waals surface area contributed by atoms with E-state index in [0.29, 0.717) is 0 Å². The van der Waals surface area contributed by atoms with Gasteiger partial charge in [-0.1, -0.05) is 96.2 Å². The van der Waals surface area contributed by atoms with Gasteiger partial charge >= 0.3 is 0 Å². The monoisotopic (exact) mass is 409 g/mol. The van der Waals surface area contributed by atoms with Crippen LogP contribution in [0.25, 0.3) is 17.2 Å². The number of hydrogen-bond donors (Lipinski definition) is 0. The van der Waals surface area contributed by atoms with Crippen LogP contribution in [-0.2, 0) is 0 Å². The first kappa shape index (κ1) is 19.9. The summed E-state index contributed by atoms with van der Waals surface area (Å²) in [6.45, 7) is 0. The first-order valence-electron chi connectivity index (χ1n) is 9.83. The number of nitriles is 2. The number of benzene rings is 3. The van der Waals surface area contributed by atoms with E-state index >= 15 is 0 Å². The lowest BCUT2D eigenvalue weighted by molar-refractivity contribution is 1.47. The Morgan fingerprint density at radius 1 is 0.677 bits per heavy atom. The van der Waals surface area contributed by atoms with E-state index in [1.807, 2.05) is 48.5 Å². The summed E-state index contributed by atoms with van der Waals surface area (Å²) < 4.78 is 0. The molecule has 2 nitrogen and oxygen atoms in total. The van der Waals surface area contributed by atoms with E-state index in [9.17, 15) is 0 Å². The fourth-order valence-corrected chi connectivity index (χ4v) is 5.19. The fraction of sp³-hybridized carbons (Fsp3) is 0. The van der Waals surface area contributed by atoms with Crippen LogP contribution in [0.3, 0.4) is 0 Å². The van der Waals surface area contributed by atoms with Gasteiger partial charge in [-0.3, -0.25) is 0 Å². The maximum absolute atomic E-state index is 9.07. The zero-order valence-electron chi connectivity index (χ0n) is 16.7. The predicted molar refractivity (Wildman–Crippen MR) is 127 cm³/mol. The summed E-state index contributed by atoms with van der Waals surface area (Å²) in [6, 6.07) is 32.2. The Labute approximate surface area is 184 Å². The SMILES string of the molecule is N#CC(C#N)=Cc1ccccc1C#C[Si]1C=C(c2ccccc2)C(c2ccccc2)=C1. The third kappa shape index (κ3) is 4.63. The van der Waals surface area contributed by atoms with Crippen LogP contribution in [0.5, 0.6) is 0 Å². The molecule has 0 saturated heterocycles. The molecule has 31 heavy (non-hydrogen) atoms. The van der Waals surface area contributed by atoms with Gasteiger partial charge in [-0.2, -0.15) is 10.5 Å². The van der Waals surface area contributed by atoms with Gasteiger partial charge in [-0.05, 0) is 40.0 Å². The van der Waals surface area contributed by atoms with Crippen molar-refractivity contribution < 1.29 is 0 Å². The highest BCUT2D eigenvalue weighted by Crippen LogP contribution is 2.35. The van der Waals surface area contributed by atoms with Crippen LogP contribution in [0.2, 0.25) is 0 Å². The first-order chi connectivity index (χ1) is 15.3. The van der Waals surface area contributed by atoms with E-state index < -0.39 is 8.80 Å². The zero-order valence-corrected chi connectivity index (χ0v) is 17.7. The van der Waals surface area contributed by atoms with Crippen molar-refractivity contribution in [3.8, 4) is 23.6 Å². The average molecular weight is 410 g/mol. The molecule has 1 heterocycles. The summed E-state index contributed by atoms with van der Waals surface area (Å²) in [5, 5.41) is 18.1. The van der Waals surface area contributed by atoms with Gasteiger partial charge in [0.1, 0.15) is 17.7 Å². The second-order valence-electron chi connectivity index (χ2n) is 6.92. The molecule has 3 aromatic carbocycles. The molecular formula is C28H17N2Si. The Kier molecular flexibility index (Phi) is 6.06. The van der Waals surface area contributed by atoms with Crippen LogP contribution in [0.15, 0.2) is 102 Å². The lowest BCUT2D eigenvalue weighted by atomic mass is 9.95. The van der Waals surface area contributed by atoms with Crippen molar-refractivity contribution in [3.63, 3.8) is 0 Å². The van der Waals surface area contributed by atoms with Gasteiger partial charge in [0.05, 0.1) is 0 Å². The number of rotatable bonds is 3. The van der Waals surface area contributed by atoms with Gasteiger partial charge in [-0.15, -0.1) is 5.54 Å². The summed E-state index contributed by atoms with van der Waals surface area (Å²) in [5.41, 5.74) is 14.5. The number of allylic oxidation sites excluding steroid dienone is 3. The van der Waals surface area contributed by atoms with Crippen molar-refractivity contribution in [2.24, 2.45) is 0 Å². The van der Waals surface area contributed by atoms with E-state index in [-0.39, 0.29) is 5.57 Å². The largest absolute Gasteiger partial charge is 0.199 e. The normalized spacial score (nSPS) is 12.5. The molecule has 0 atom stereocenters. The molecule has 143 valence electrons. The quantitative estimate of drug-likeness (QED) is 0.314. The van der Waals surface area contributed by atoms with Crippen LogP contribution in [0.4, 0.5) is 0 Å². The zero-order chi connectivity index (χ0) is 21.5. The van der Waals surface area contributed by atoms with Crippen molar-refractivity contribution >= 4 is 26.0 Å². The molecule has 3 heteroatoms. The Morgan fingerprint density at radius 3 is 1.74 bits per heavy atom. The van der Waals surface area contributed by atoms with Crippen LogP contribution < -0.4 is 0 Å². The van der Waals surface area contributed by atoms with Crippen molar-refractivity contribution in [1.82, 2.24) is 0 Å². The van der Waals surface area contributed by atoms with Crippen LogP contribution in [0, 0.1) is 34.1 Å². The first-order valence-corrected chi connectivity index (χ1v) is 11.5. The lowest BCUT2D eigenvalue weighted by Crippen LogP contribution is -1.99. The molecule has 0 spiro atoms. The Hall–Kier alpha value is -4.36. The topological polar surface area (TPSA) is 47.6 Å². The minimum absolute atomic E-state index is 0.0709. The summed E-state index contributed by atoms with van der Waals surface area (Å²) in [5.74, 6) is 3.30. The summed E-state index contributed by atoms with van der Waals surface area (Å²) in [6.07, 6.45) is 1.59. The Balaban J connectivity index is 1.73. The van der Waals surface area contributed by atoms with Gasteiger partial charge < -0.3 is 0 Å². The van der Waals surface area contributed by atoms with Crippen LogP contribution >= 0.6 is 0 Å². The molecule has 0 unspecified atom stereocenters. The molecular weight excluding hydrogens is 392 g/mol. The molecule has 0 saturated carbocycles. The minimum Gasteiger partial charge on any atom is -0.192 e.